The van der Waals surface area contributed by atoms with Gasteiger partial charge in [-0.05, 0) is 24.3 Å². The maximum atomic E-state index is 13.2. The number of likely N-dealkylation sites (N-methyl/N-ethyl adjacent to an activating group) is 1. The van der Waals surface area contributed by atoms with Crippen LogP contribution >= 0.6 is 0 Å². The number of nitrogens with zero attached hydrogens (tertiary/aromatic N) is 1. The highest BCUT2D eigenvalue weighted by Crippen LogP contribution is 2.40. The molecule has 150 valence electrons. The molecule has 1 atom stereocenters. The molecule has 2 rings (SSSR count). The second-order valence-electron chi connectivity index (χ2n) is 5.80. The number of benzene rings is 2. The summed E-state index contributed by atoms with van der Waals surface area (Å²) in [6, 6.07) is 12.8. The Morgan fingerprint density at radius 3 is 2.11 bits per heavy atom. The SMILES string of the molecule is COC(=O)C(O)(c1ccc(N(C)C(=O)COc2ccccc2)cc1)C(F)(F)F. The number of hydrogen-bond acceptors (Lipinski definition) is 5. The Bertz CT molecular complexity index is 824. The summed E-state index contributed by atoms with van der Waals surface area (Å²) in [5, 5.41) is 9.94. The van der Waals surface area contributed by atoms with Crippen LogP contribution in [0.3, 0.4) is 0 Å². The molecule has 0 spiro atoms. The lowest BCUT2D eigenvalue weighted by Gasteiger charge is -2.28. The fraction of sp³-hybridized carbons (Fsp3) is 0.263. The second kappa shape index (κ2) is 8.30. The van der Waals surface area contributed by atoms with Gasteiger partial charge < -0.3 is 19.5 Å². The first-order valence-electron chi connectivity index (χ1n) is 8.03. The van der Waals surface area contributed by atoms with Crippen molar-refractivity contribution in [2.24, 2.45) is 0 Å². The highest BCUT2D eigenvalue weighted by atomic mass is 19.4. The van der Waals surface area contributed by atoms with E-state index < -0.39 is 29.2 Å². The van der Waals surface area contributed by atoms with Gasteiger partial charge in [0.25, 0.3) is 11.5 Å². The molecule has 0 heterocycles. The Kier molecular flexibility index (Phi) is 6.30. The number of hydrogen-bond donors (Lipinski definition) is 1. The van der Waals surface area contributed by atoms with E-state index in [4.69, 9.17) is 4.74 Å². The molecule has 0 aliphatic carbocycles. The van der Waals surface area contributed by atoms with E-state index in [0.29, 0.717) is 5.75 Å². The molecule has 0 bridgehead atoms. The summed E-state index contributed by atoms with van der Waals surface area (Å²) in [6.07, 6.45) is -5.28. The van der Waals surface area contributed by atoms with Crippen molar-refractivity contribution in [3.63, 3.8) is 0 Å². The molecule has 1 N–H and O–H groups in total. The highest BCUT2D eigenvalue weighted by molar-refractivity contribution is 5.94. The number of aliphatic hydroxyl groups is 1. The van der Waals surface area contributed by atoms with Gasteiger partial charge >= 0.3 is 12.1 Å². The summed E-state index contributed by atoms with van der Waals surface area (Å²) in [6.45, 7) is -0.281. The van der Waals surface area contributed by atoms with E-state index in [1.807, 2.05) is 0 Å². The van der Waals surface area contributed by atoms with Gasteiger partial charge in [-0.1, -0.05) is 30.3 Å². The van der Waals surface area contributed by atoms with E-state index in [9.17, 15) is 27.9 Å². The van der Waals surface area contributed by atoms with Crippen molar-refractivity contribution in [3.8, 4) is 5.75 Å². The van der Waals surface area contributed by atoms with Crippen LogP contribution in [0.1, 0.15) is 5.56 Å². The molecule has 0 saturated carbocycles. The third kappa shape index (κ3) is 4.25. The number of carbonyl (C=O) groups excluding carboxylic acids is 2. The van der Waals surface area contributed by atoms with Crippen LogP contribution in [0.5, 0.6) is 5.75 Å². The van der Waals surface area contributed by atoms with Crippen molar-refractivity contribution < 1.29 is 37.3 Å². The number of para-hydroxylation sites is 1. The number of ether oxygens (including phenoxy) is 2. The summed E-state index contributed by atoms with van der Waals surface area (Å²) in [4.78, 5) is 24.9. The fourth-order valence-corrected chi connectivity index (χ4v) is 2.37. The highest BCUT2D eigenvalue weighted by Gasteiger charge is 2.62. The summed E-state index contributed by atoms with van der Waals surface area (Å²) in [5.74, 6) is -1.81. The molecule has 0 saturated heterocycles. The molecule has 0 aliphatic heterocycles. The van der Waals surface area contributed by atoms with Crippen molar-refractivity contribution in [3.05, 3.63) is 60.2 Å². The van der Waals surface area contributed by atoms with E-state index >= 15 is 0 Å². The maximum absolute atomic E-state index is 13.2. The van der Waals surface area contributed by atoms with Gasteiger partial charge in [-0.15, -0.1) is 0 Å². The van der Waals surface area contributed by atoms with Gasteiger partial charge in [-0.3, -0.25) is 4.79 Å². The summed E-state index contributed by atoms with van der Waals surface area (Å²) in [7, 11) is 2.16. The van der Waals surface area contributed by atoms with Crippen LogP contribution in [-0.2, 0) is 19.9 Å². The van der Waals surface area contributed by atoms with Crippen molar-refractivity contribution in [1.82, 2.24) is 0 Å². The predicted molar refractivity (Wildman–Crippen MR) is 93.8 cm³/mol. The first-order chi connectivity index (χ1) is 13.1. The topological polar surface area (TPSA) is 76.1 Å². The lowest BCUT2D eigenvalue weighted by Crippen LogP contribution is -2.49. The van der Waals surface area contributed by atoms with Gasteiger partial charge in [0.05, 0.1) is 7.11 Å². The number of halogens is 3. The monoisotopic (exact) mass is 397 g/mol. The third-order valence-corrected chi connectivity index (χ3v) is 4.04. The Morgan fingerprint density at radius 2 is 1.61 bits per heavy atom. The number of esters is 1. The zero-order chi connectivity index (χ0) is 20.9. The molecule has 0 aliphatic rings. The minimum atomic E-state index is -5.28. The van der Waals surface area contributed by atoms with Gasteiger partial charge in [0.1, 0.15) is 5.75 Å². The Labute approximate surface area is 159 Å². The Balaban J connectivity index is 2.16. The zero-order valence-electron chi connectivity index (χ0n) is 15.1. The van der Waals surface area contributed by atoms with E-state index in [1.54, 1.807) is 30.3 Å². The first kappa shape index (κ1) is 21.2. The molecule has 6 nitrogen and oxygen atoms in total. The fourth-order valence-electron chi connectivity index (χ4n) is 2.37. The van der Waals surface area contributed by atoms with Crippen molar-refractivity contribution in [2.45, 2.75) is 11.8 Å². The number of amides is 1. The van der Waals surface area contributed by atoms with Gasteiger partial charge in [-0.2, -0.15) is 13.2 Å². The molecule has 2 aromatic carbocycles. The van der Waals surface area contributed by atoms with Crippen molar-refractivity contribution >= 4 is 17.6 Å². The van der Waals surface area contributed by atoms with Crippen LogP contribution in [-0.4, -0.2) is 43.9 Å². The number of anilines is 1. The van der Waals surface area contributed by atoms with Crippen molar-refractivity contribution in [2.75, 3.05) is 25.7 Å². The van der Waals surface area contributed by atoms with E-state index in [0.717, 1.165) is 19.2 Å². The van der Waals surface area contributed by atoms with Crippen LogP contribution in [0.25, 0.3) is 0 Å². The molecule has 0 fully saturated rings. The number of alkyl halides is 3. The predicted octanol–water partition coefficient (Wildman–Crippen LogP) is 2.65. The zero-order valence-corrected chi connectivity index (χ0v) is 15.1. The lowest BCUT2D eigenvalue weighted by atomic mass is 9.93. The molecule has 1 unspecified atom stereocenters. The van der Waals surface area contributed by atoms with Gasteiger partial charge in [0.2, 0.25) is 0 Å². The number of rotatable bonds is 6. The van der Waals surface area contributed by atoms with Gasteiger partial charge in [0.15, 0.2) is 6.61 Å². The van der Waals surface area contributed by atoms with E-state index in [-0.39, 0.29) is 12.3 Å². The normalized spacial score (nSPS) is 13.4. The minimum absolute atomic E-state index is 0.250. The van der Waals surface area contributed by atoms with Gasteiger partial charge in [0, 0.05) is 18.3 Å². The van der Waals surface area contributed by atoms with Crippen LogP contribution in [0.2, 0.25) is 0 Å². The molecule has 28 heavy (non-hydrogen) atoms. The molecular weight excluding hydrogens is 379 g/mol. The van der Waals surface area contributed by atoms with Crippen LogP contribution in [0.4, 0.5) is 18.9 Å². The van der Waals surface area contributed by atoms with Gasteiger partial charge in [-0.25, -0.2) is 4.79 Å². The average molecular weight is 397 g/mol. The second-order valence-corrected chi connectivity index (χ2v) is 5.80. The van der Waals surface area contributed by atoms with Crippen LogP contribution in [0.15, 0.2) is 54.6 Å². The van der Waals surface area contributed by atoms with Crippen LogP contribution < -0.4 is 9.64 Å². The molecule has 9 heteroatoms. The average Bonchev–Trinajstić information content (AvgIpc) is 2.70. The largest absolute Gasteiger partial charge is 0.484 e. The maximum Gasteiger partial charge on any atom is 0.432 e. The van der Waals surface area contributed by atoms with Crippen LogP contribution in [0, 0.1) is 0 Å². The molecule has 2 aromatic rings. The summed E-state index contributed by atoms with van der Waals surface area (Å²) >= 11 is 0. The summed E-state index contributed by atoms with van der Waals surface area (Å²) < 4.78 is 49.2. The molecule has 0 radical (unpaired) electrons. The quantitative estimate of drug-likeness (QED) is 0.759. The lowest BCUT2D eigenvalue weighted by molar-refractivity contribution is -0.266. The third-order valence-electron chi connectivity index (χ3n) is 4.04. The minimum Gasteiger partial charge on any atom is -0.484 e. The van der Waals surface area contributed by atoms with Crippen molar-refractivity contribution in [1.29, 1.82) is 0 Å². The smallest absolute Gasteiger partial charge is 0.432 e. The molecular formula is C19H18F3NO5. The number of carbonyl (C=O) groups is 2. The Hall–Kier alpha value is -3.07. The summed E-state index contributed by atoms with van der Waals surface area (Å²) in [5.41, 5.74) is -4.28. The molecule has 0 aromatic heterocycles. The van der Waals surface area contributed by atoms with E-state index in [1.165, 1.54) is 24.1 Å². The standard InChI is InChI=1S/C19H18F3NO5/c1-23(16(24)12-28-15-6-4-3-5-7-15)14-10-8-13(9-11-14)18(26,17(25)27-2)19(20,21)22/h3-11,26H,12H2,1-2H3. The Morgan fingerprint density at radius 1 is 1.04 bits per heavy atom. The first-order valence-corrected chi connectivity index (χ1v) is 8.03. The molecule has 1 amide bonds. The number of methoxy groups -OCH3 is 1. The van der Waals surface area contributed by atoms with E-state index in [2.05, 4.69) is 4.74 Å².